The first-order valence-corrected chi connectivity index (χ1v) is 6.36. The third-order valence-electron chi connectivity index (χ3n) is 3.05. The largest absolute Gasteiger partial charge is 0.335 e. The number of amides is 3. The molecule has 0 aromatic heterocycles. The second-order valence-corrected chi connectivity index (χ2v) is 4.75. The second kappa shape index (κ2) is 6.59. The van der Waals surface area contributed by atoms with E-state index in [0.29, 0.717) is 0 Å². The van der Waals surface area contributed by atoms with Gasteiger partial charge in [0.2, 0.25) is 5.91 Å². The number of imide groups is 1. The van der Waals surface area contributed by atoms with Crippen LogP contribution in [0, 0.1) is 0 Å². The van der Waals surface area contributed by atoms with Crippen molar-refractivity contribution in [3.63, 3.8) is 0 Å². The highest BCUT2D eigenvalue weighted by Gasteiger charge is 2.25. The predicted molar refractivity (Wildman–Crippen MR) is 66.7 cm³/mol. The van der Waals surface area contributed by atoms with Gasteiger partial charge in [0.15, 0.2) is 0 Å². The molecule has 1 saturated carbocycles. The van der Waals surface area contributed by atoms with Gasteiger partial charge in [0.05, 0.1) is 6.04 Å². The fraction of sp³-hybridized carbons (Fsp3) is 0.833. The molecule has 3 amide bonds. The zero-order valence-corrected chi connectivity index (χ0v) is 11.0. The topological polar surface area (TPSA) is 61.4 Å². The van der Waals surface area contributed by atoms with E-state index in [-0.39, 0.29) is 24.0 Å². The average molecular weight is 241 g/mol. The van der Waals surface area contributed by atoms with Crippen LogP contribution in [0.3, 0.4) is 0 Å². The van der Waals surface area contributed by atoms with Gasteiger partial charge in [-0.1, -0.05) is 13.3 Å². The molecule has 1 fully saturated rings. The summed E-state index contributed by atoms with van der Waals surface area (Å²) < 4.78 is 0. The highest BCUT2D eigenvalue weighted by Crippen LogP contribution is 2.18. The van der Waals surface area contributed by atoms with E-state index in [1.165, 1.54) is 0 Å². The van der Waals surface area contributed by atoms with Crippen LogP contribution in [0.25, 0.3) is 0 Å². The van der Waals surface area contributed by atoms with Gasteiger partial charge in [-0.15, -0.1) is 0 Å². The SMILES string of the molecule is CCCCN(C)C(C)C(=O)NC(=O)NC1CC1. The molecule has 0 heterocycles. The third kappa shape index (κ3) is 5.17. The van der Waals surface area contributed by atoms with Crippen LogP contribution < -0.4 is 10.6 Å². The van der Waals surface area contributed by atoms with E-state index in [4.69, 9.17) is 0 Å². The minimum atomic E-state index is -0.367. The van der Waals surface area contributed by atoms with E-state index in [2.05, 4.69) is 17.6 Å². The van der Waals surface area contributed by atoms with Crippen LogP contribution in [0.1, 0.15) is 39.5 Å². The maximum atomic E-state index is 11.7. The van der Waals surface area contributed by atoms with E-state index < -0.39 is 0 Å². The molecule has 0 aliphatic heterocycles. The van der Waals surface area contributed by atoms with E-state index in [1.807, 2.05) is 18.9 Å². The first-order chi connectivity index (χ1) is 8.04. The molecular weight excluding hydrogens is 218 g/mol. The van der Waals surface area contributed by atoms with E-state index in [9.17, 15) is 9.59 Å². The number of carbonyl (C=O) groups excluding carboxylic acids is 2. The predicted octanol–water partition coefficient (Wildman–Crippen LogP) is 1.10. The molecule has 5 heteroatoms. The Bertz CT molecular complexity index is 277. The Labute approximate surface area is 103 Å². The lowest BCUT2D eigenvalue weighted by Gasteiger charge is -2.23. The van der Waals surface area contributed by atoms with Crippen LogP contribution in [0.2, 0.25) is 0 Å². The molecule has 0 aromatic carbocycles. The summed E-state index contributed by atoms with van der Waals surface area (Å²) in [5, 5.41) is 5.11. The van der Waals surface area contributed by atoms with E-state index >= 15 is 0 Å². The summed E-state index contributed by atoms with van der Waals surface area (Å²) in [6.45, 7) is 4.80. The number of likely N-dealkylation sites (N-methyl/N-ethyl adjacent to an activating group) is 1. The van der Waals surface area contributed by atoms with Gasteiger partial charge in [0, 0.05) is 6.04 Å². The second-order valence-electron chi connectivity index (χ2n) is 4.75. The van der Waals surface area contributed by atoms with Gasteiger partial charge in [0.1, 0.15) is 0 Å². The van der Waals surface area contributed by atoms with Crippen LogP contribution in [0.4, 0.5) is 4.79 Å². The van der Waals surface area contributed by atoms with Crippen molar-refractivity contribution in [2.75, 3.05) is 13.6 Å². The fourth-order valence-corrected chi connectivity index (χ4v) is 1.47. The minimum absolute atomic E-state index is 0.234. The molecule has 1 rings (SSSR count). The average Bonchev–Trinajstić information content (AvgIpc) is 3.08. The Morgan fingerprint density at radius 2 is 2.06 bits per heavy atom. The Balaban J connectivity index is 2.26. The Kier molecular flexibility index (Phi) is 5.41. The molecular formula is C12H23N3O2. The van der Waals surface area contributed by atoms with Gasteiger partial charge in [-0.25, -0.2) is 4.79 Å². The number of rotatable bonds is 6. The number of nitrogens with one attached hydrogen (secondary N) is 2. The van der Waals surface area contributed by atoms with Crippen molar-refractivity contribution in [1.29, 1.82) is 0 Å². The maximum absolute atomic E-state index is 11.7. The standard InChI is InChI=1S/C12H23N3O2/c1-4-5-8-15(3)9(2)11(16)14-12(17)13-10-6-7-10/h9-10H,4-8H2,1-3H3,(H2,13,14,16,17). The molecule has 98 valence electrons. The molecule has 0 bridgehead atoms. The molecule has 1 unspecified atom stereocenters. The van der Waals surface area contributed by atoms with Crippen LogP contribution in [0.5, 0.6) is 0 Å². The van der Waals surface area contributed by atoms with Crippen LogP contribution in [-0.2, 0) is 4.79 Å². The summed E-state index contributed by atoms with van der Waals surface area (Å²) in [6, 6.07) is -0.365. The van der Waals surface area contributed by atoms with Crippen LogP contribution in [0.15, 0.2) is 0 Å². The van der Waals surface area contributed by atoms with Crippen molar-refractivity contribution in [2.24, 2.45) is 0 Å². The first-order valence-electron chi connectivity index (χ1n) is 6.36. The maximum Gasteiger partial charge on any atom is 0.321 e. The van der Waals surface area contributed by atoms with Gasteiger partial charge < -0.3 is 5.32 Å². The number of nitrogens with zero attached hydrogens (tertiary/aromatic N) is 1. The number of hydrogen-bond donors (Lipinski definition) is 2. The monoisotopic (exact) mass is 241 g/mol. The molecule has 1 atom stereocenters. The molecule has 1 aliphatic rings. The van der Waals surface area contributed by atoms with Crippen LogP contribution in [-0.4, -0.2) is 42.5 Å². The zero-order chi connectivity index (χ0) is 12.8. The lowest BCUT2D eigenvalue weighted by Crippen LogP contribution is -2.49. The molecule has 0 radical (unpaired) electrons. The summed E-state index contributed by atoms with van der Waals surface area (Å²) in [6.07, 6.45) is 4.20. The smallest absolute Gasteiger partial charge is 0.321 e. The Hall–Kier alpha value is -1.10. The molecule has 0 aromatic rings. The highest BCUT2D eigenvalue weighted by molar-refractivity contribution is 5.96. The summed E-state index contributed by atoms with van der Waals surface area (Å²) in [5.41, 5.74) is 0. The number of carbonyl (C=O) groups is 2. The quantitative estimate of drug-likeness (QED) is 0.732. The molecule has 2 N–H and O–H groups in total. The lowest BCUT2D eigenvalue weighted by molar-refractivity contribution is -0.124. The molecule has 0 saturated heterocycles. The van der Waals surface area contributed by atoms with Gasteiger partial charge in [-0.3, -0.25) is 15.0 Å². The van der Waals surface area contributed by atoms with Gasteiger partial charge in [-0.05, 0) is 39.8 Å². The molecule has 5 nitrogen and oxygen atoms in total. The van der Waals surface area contributed by atoms with E-state index in [1.54, 1.807) is 0 Å². The number of unbranched alkanes of at least 4 members (excludes halogenated alkanes) is 1. The van der Waals surface area contributed by atoms with Crippen molar-refractivity contribution < 1.29 is 9.59 Å². The van der Waals surface area contributed by atoms with E-state index in [0.717, 1.165) is 32.2 Å². The number of urea groups is 1. The summed E-state index contributed by atoms with van der Waals surface area (Å²) in [7, 11) is 1.90. The summed E-state index contributed by atoms with van der Waals surface area (Å²) >= 11 is 0. The van der Waals surface area contributed by atoms with Crippen molar-refractivity contribution in [1.82, 2.24) is 15.5 Å². The fourth-order valence-electron chi connectivity index (χ4n) is 1.47. The minimum Gasteiger partial charge on any atom is -0.335 e. The van der Waals surface area contributed by atoms with Crippen LogP contribution >= 0.6 is 0 Å². The molecule has 17 heavy (non-hydrogen) atoms. The van der Waals surface area contributed by atoms with Gasteiger partial charge in [0.25, 0.3) is 0 Å². The van der Waals surface area contributed by atoms with Crippen molar-refractivity contribution in [3.05, 3.63) is 0 Å². The lowest BCUT2D eigenvalue weighted by atomic mass is 10.2. The Morgan fingerprint density at radius 3 is 2.59 bits per heavy atom. The van der Waals surface area contributed by atoms with Crippen molar-refractivity contribution >= 4 is 11.9 Å². The third-order valence-corrected chi connectivity index (χ3v) is 3.05. The molecule has 0 spiro atoms. The normalized spacial score (nSPS) is 16.7. The highest BCUT2D eigenvalue weighted by atomic mass is 16.2. The Morgan fingerprint density at radius 1 is 1.41 bits per heavy atom. The number of hydrogen-bond acceptors (Lipinski definition) is 3. The van der Waals surface area contributed by atoms with Crippen molar-refractivity contribution in [2.45, 2.75) is 51.6 Å². The zero-order valence-electron chi connectivity index (χ0n) is 11.0. The molecule has 1 aliphatic carbocycles. The van der Waals surface area contributed by atoms with Gasteiger partial charge in [-0.2, -0.15) is 0 Å². The first kappa shape index (κ1) is 14.0. The summed E-state index contributed by atoms with van der Waals surface area (Å²) in [4.78, 5) is 25.1. The summed E-state index contributed by atoms with van der Waals surface area (Å²) in [5.74, 6) is -0.234. The van der Waals surface area contributed by atoms with Crippen molar-refractivity contribution in [3.8, 4) is 0 Å². The van der Waals surface area contributed by atoms with Gasteiger partial charge >= 0.3 is 6.03 Å².